The molecule has 1 aromatic rings. The summed E-state index contributed by atoms with van der Waals surface area (Å²) in [6.07, 6.45) is 4.52. The van der Waals surface area contributed by atoms with Crippen LogP contribution < -0.4 is 5.32 Å². The van der Waals surface area contributed by atoms with E-state index in [-0.39, 0.29) is 23.7 Å². The zero-order chi connectivity index (χ0) is 15.2. The minimum atomic E-state index is -0.325. The second kappa shape index (κ2) is 7.02. The third kappa shape index (κ3) is 4.70. The van der Waals surface area contributed by atoms with E-state index in [0.29, 0.717) is 18.7 Å². The van der Waals surface area contributed by atoms with E-state index in [1.54, 1.807) is 30.0 Å². The molecule has 2 amide bonds. The lowest BCUT2D eigenvalue weighted by molar-refractivity contribution is -0.129. The Kier molecular flexibility index (Phi) is 5.09. The molecule has 1 saturated heterocycles. The normalized spacial score (nSPS) is 16.2. The molecule has 0 spiro atoms. The zero-order valence-corrected chi connectivity index (χ0v) is 12.0. The second-order valence-corrected chi connectivity index (χ2v) is 5.18. The molecule has 4 nitrogen and oxygen atoms in total. The van der Waals surface area contributed by atoms with Gasteiger partial charge in [-0.25, -0.2) is 4.39 Å². The third-order valence-electron chi connectivity index (χ3n) is 3.56. The fraction of sp³-hybridized carbons (Fsp3) is 0.375. The van der Waals surface area contributed by atoms with Crippen molar-refractivity contribution in [2.45, 2.75) is 25.8 Å². The fourth-order valence-corrected chi connectivity index (χ4v) is 2.37. The monoisotopic (exact) mass is 290 g/mol. The van der Waals surface area contributed by atoms with E-state index in [0.717, 1.165) is 12.8 Å². The lowest BCUT2D eigenvalue weighted by Gasteiger charge is -2.31. The van der Waals surface area contributed by atoms with Crippen LogP contribution in [0.25, 0.3) is 6.08 Å². The van der Waals surface area contributed by atoms with E-state index in [2.05, 4.69) is 5.32 Å². The van der Waals surface area contributed by atoms with Gasteiger partial charge < -0.3 is 10.2 Å². The van der Waals surface area contributed by atoms with Crippen molar-refractivity contribution in [3.8, 4) is 0 Å². The van der Waals surface area contributed by atoms with Gasteiger partial charge in [-0.1, -0.05) is 12.1 Å². The van der Waals surface area contributed by atoms with Crippen molar-refractivity contribution in [3.05, 3.63) is 41.7 Å². The summed E-state index contributed by atoms with van der Waals surface area (Å²) < 4.78 is 13.0. The number of rotatable bonds is 3. The van der Waals surface area contributed by atoms with Gasteiger partial charge in [-0.2, -0.15) is 0 Å². The largest absolute Gasteiger partial charge is 0.350 e. The minimum absolute atomic E-state index is 0.0748. The van der Waals surface area contributed by atoms with E-state index in [1.165, 1.54) is 18.2 Å². The predicted octanol–water partition coefficient (Wildman–Crippen LogP) is 1.97. The number of halogens is 1. The summed E-state index contributed by atoms with van der Waals surface area (Å²) in [6, 6.07) is 6.16. The smallest absolute Gasteiger partial charge is 0.244 e. The molecule has 1 fully saturated rings. The zero-order valence-electron chi connectivity index (χ0n) is 12.0. The van der Waals surface area contributed by atoms with Crippen LogP contribution in [0.15, 0.2) is 30.3 Å². The van der Waals surface area contributed by atoms with Gasteiger partial charge in [0.15, 0.2) is 0 Å². The van der Waals surface area contributed by atoms with Crippen LogP contribution in [0, 0.1) is 5.82 Å². The van der Waals surface area contributed by atoms with Crippen molar-refractivity contribution in [1.82, 2.24) is 10.2 Å². The maximum absolute atomic E-state index is 13.0. The molecule has 2 rings (SSSR count). The molecule has 1 heterocycles. The number of piperidine rings is 1. The minimum Gasteiger partial charge on any atom is -0.350 e. The molecule has 1 N–H and O–H groups in total. The van der Waals surface area contributed by atoms with Crippen LogP contribution in [-0.4, -0.2) is 35.8 Å². The molecule has 5 heteroatoms. The Labute approximate surface area is 123 Å². The van der Waals surface area contributed by atoms with Crippen LogP contribution in [-0.2, 0) is 9.59 Å². The maximum atomic E-state index is 13.0. The highest BCUT2D eigenvalue weighted by atomic mass is 19.1. The van der Waals surface area contributed by atoms with Gasteiger partial charge in [-0.3, -0.25) is 9.59 Å². The standard InChI is InChI=1S/C16H19FN2O2/c1-12(20)19-9-7-15(8-10-19)18-16(21)6-5-13-3-2-4-14(17)11-13/h2-6,11,15H,7-10H2,1H3,(H,18,21). The van der Waals surface area contributed by atoms with Crippen molar-refractivity contribution >= 4 is 17.9 Å². The van der Waals surface area contributed by atoms with Gasteiger partial charge in [0.05, 0.1) is 0 Å². The Morgan fingerprint density at radius 2 is 2.05 bits per heavy atom. The number of carbonyl (C=O) groups excluding carboxylic acids is 2. The quantitative estimate of drug-likeness (QED) is 0.865. The SMILES string of the molecule is CC(=O)N1CCC(NC(=O)C=Cc2cccc(F)c2)CC1. The summed E-state index contributed by atoms with van der Waals surface area (Å²) in [6.45, 7) is 2.91. The molecular formula is C16H19FN2O2. The number of hydrogen-bond donors (Lipinski definition) is 1. The van der Waals surface area contributed by atoms with E-state index in [1.807, 2.05) is 0 Å². The Bertz CT molecular complexity index is 549. The first-order valence-electron chi connectivity index (χ1n) is 7.04. The highest BCUT2D eigenvalue weighted by Gasteiger charge is 2.21. The first-order chi connectivity index (χ1) is 10.0. The summed E-state index contributed by atoms with van der Waals surface area (Å²) in [5, 5.41) is 2.91. The first-order valence-corrected chi connectivity index (χ1v) is 7.04. The molecule has 1 aromatic carbocycles. The summed E-state index contributed by atoms with van der Waals surface area (Å²) in [5.74, 6) is -0.444. The van der Waals surface area contributed by atoms with Gasteiger partial charge in [0.2, 0.25) is 11.8 Å². The number of hydrogen-bond acceptors (Lipinski definition) is 2. The molecule has 21 heavy (non-hydrogen) atoms. The average Bonchev–Trinajstić information content (AvgIpc) is 2.46. The van der Waals surface area contributed by atoms with Gasteiger partial charge in [0.25, 0.3) is 0 Å². The maximum Gasteiger partial charge on any atom is 0.244 e. The average molecular weight is 290 g/mol. The predicted molar refractivity (Wildman–Crippen MR) is 78.9 cm³/mol. The molecule has 0 aliphatic carbocycles. The second-order valence-electron chi connectivity index (χ2n) is 5.18. The lowest BCUT2D eigenvalue weighted by Crippen LogP contribution is -2.45. The number of nitrogens with zero attached hydrogens (tertiary/aromatic N) is 1. The molecule has 0 radical (unpaired) electrons. The lowest BCUT2D eigenvalue weighted by atomic mass is 10.0. The van der Waals surface area contributed by atoms with Crippen LogP contribution >= 0.6 is 0 Å². The van der Waals surface area contributed by atoms with E-state index >= 15 is 0 Å². The van der Waals surface area contributed by atoms with Gasteiger partial charge >= 0.3 is 0 Å². The van der Waals surface area contributed by atoms with E-state index < -0.39 is 0 Å². The number of amides is 2. The van der Waals surface area contributed by atoms with E-state index in [9.17, 15) is 14.0 Å². The molecule has 0 saturated carbocycles. The number of benzene rings is 1. The van der Waals surface area contributed by atoms with E-state index in [4.69, 9.17) is 0 Å². The number of carbonyl (C=O) groups is 2. The van der Waals surface area contributed by atoms with Gasteiger partial charge in [-0.15, -0.1) is 0 Å². The summed E-state index contributed by atoms with van der Waals surface area (Å²) >= 11 is 0. The molecule has 1 aliphatic heterocycles. The van der Waals surface area contributed by atoms with Crippen molar-refractivity contribution in [2.24, 2.45) is 0 Å². The van der Waals surface area contributed by atoms with Crippen molar-refractivity contribution < 1.29 is 14.0 Å². The summed E-state index contributed by atoms with van der Waals surface area (Å²) in [7, 11) is 0. The molecule has 0 bridgehead atoms. The summed E-state index contributed by atoms with van der Waals surface area (Å²) in [5.41, 5.74) is 0.650. The van der Waals surface area contributed by atoms with Crippen molar-refractivity contribution in [1.29, 1.82) is 0 Å². The fourth-order valence-electron chi connectivity index (χ4n) is 2.37. The van der Waals surface area contributed by atoms with Crippen molar-refractivity contribution in [2.75, 3.05) is 13.1 Å². The molecular weight excluding hydrogens is 271 g/mol. The van der Waals surface area contributed by atoms with Crippen molar-refractivity contribution in [3.63, 3.8) is 0 Å². The van der Waals surface area contributed by atoms with Crippen LogP contribution in [0.5, 0.6) is 0 Å². The Morgan fingerprint density at radius 1 is 1.33 bits per heavy atom. The topological polar surface area (TPSA) is 49.4 Å². The van der Waals surface area contributed by atoms with Crippen LogP contribution in [0.2, 0.25) is 0 Å². The summed E-state index contributed by atoms with van der Waals surface area (Å²) in [4.78, 5) is 24.8. The highest BCUT2D eigenvalue weighted by molar-refractivity contribution is 5.91. The third-order valence-corrected chi connectivity index (χ3v) is 3.56. The Hall–Kier alpha value is -2.17. The molecule has 0 atom stereocenters. The molecule has 112 valence electrons. The van der Waals surface area contributed by atoms with Crippen LogP contribution in [0.3, 0.4) is 0 Å². The Morgan fingerprint density at radius 3 is 2.67 bits per heavy atom. The highest BCUT2D eigenvalue weighted by Crippen LogP contribution is 2.10. The number of nitrogens with one attached hydrogen (secondary N) is 1. The molecule has 0 aromatic heterocycles. The number of likely N-dealkylation sites (tertiary alicyclic amines) is 1. The van der Waals surface area contributed by atoms with Gasteiger partial charge in [0.1, 0.15) is 5.82 Å². The molecule has 1 aliphatic rings. The van der Waals surface area contributed by atoms with Crippen LogP contribution in [0.4, 0.5) is 4.39 Å². The van der Waals surface area contributed by atoms with Crippen LogP contribution in [0.1, 0.15) is 25.3 Å². The first kappa shape index (κ1) is 15.2. The molecule has 0 unspecified atom stereocenters. The van der Waals surface area contributed by atoms with Gasteiger partial charge in [0, 0.05) is 32.1 Å². The Balaban J connectivity index is 1.81. The van der Waals surface area contributed by atoms with Gasteiger partial charge in [-0.05, 0) is 36.6 Å².